The molecular formula is C12H9FN2O3. The van der Waals surface area contributed by atoms with Gasteiger partial charge in [0.1, 0.15) is 0 Å². The number of aryl methyl sites for hydroxylation is 1. The largest absolute Gasteiger partial charge is 0.476 e. The smallest absolute Gasteiger partial charge is 0.356 e. The molecule has 2 aromatic rings. The predicted octanol–water partition coefficient (Wildman–Crippen LogP) is 2.41. The molecule has 1 aromatic heterocycles. The van der Waals surface area contributed by atoms with Crippen LogP contribution in [0, 0.1) is 12.7 Å². The molecule has 1 heterocycles. The molecule has 0 aliphatic rings. The van der Waals surface area contributed by atoms with Crippen LogP contribution in [0.1, 0.15) is 16.1 Å². The van der Waals surface area contributed by atoms with Gasteiger partial charge in [-0.2, -0.15) is 0 Å². The molecule has 1 aromatic carbocycles. The molecule has 0 saturated carbocycles. The maximum Gasteiger partial charge on any atom is 0.356 e. The van der Waals surface area contributed by atoms with Crippen molar-refractivity contribution in [3.63, 3.8) is 0 Å². The maximum absolute atomic E-state index is 13.4. The molecule has 1 N–H and O–H groups in total. The number of rotatable bonds is 3. The number of hydrogen-bond acceptors (Lipinski definition) is 4. The number of ether oxygens (including phenoxy) is 1. The first kappa shape index (κ1) is 12.0. The van der Waals surface area contributed by atoms with Gasteiger partial charge >= 0.3 is 5.97 Å². The lowest BCUT2D eigenvalue weighted by Crippen LogP contribution is -2.02. The van der Waals surface area contributed by atoms with Gasteiger partial charge in [-0.25, -0.2) is 14.2 Å². The first-order valence-corrected chi connectivity index (χ1v) is 5.05. The molecule has 6 heteroatoms. The molecule has 18 heavy (non-hydrogen) atoms. The van der Waals surface area contributed by atoms with Crippen molar-refractivity contribution >= 4 is 5.97 Å². The van der Waals surface area contributed by atoms with E-state index in [0.29, 0.717) is 0 Å². The fraction of sp³-hybridized carbons (Fsp3) is 0.0833. The van der Waals surface area contributed by atoms with Crippen LogP contribution in [-0.2, 0) is 0 Å². The monoisotopic (exact) mass is 248 g/mol. The number of hydrogen-bond donors (Lipinski definition) is 1. The molecular weight excluding hydrogens is 239 g/mol. The molecule has 0 amide bonds. The molecule has 0 fully saturated rings. The fourth-order valence-electron chi connectivity index (χ4n) is 1.30. The van der Waals surface area contributed by atoms with E-state index < -0.39 is 11.8 Å². The minimum Gasteiger partial charge on any atom is -0.476 e. The van der Waals surface area contributed by atoms with E-state index in [2.05, 4.69) is 9.97 Å². The summed E-state index contributed by atoms with van der Waals surface area (Å²) < 4.78 is 18.6. The summed E-state index contributed by atoms with van der Waals surface area (Å²) >= 11 is 0. The van der Waals surface area contributed by atoms with E-state index >= 15 is 0 Å². The molecule has 0 aliphatic carbocycles. The lowest BCUT2D eigenvalue weighted by atomic mass is 10.2. The van der Waals surface area contributed by atoms with Crippen LogP contribution in [-0.4, -0.2) is 21.0 Å². The van der Waals surface area contributed by atoms with Crippen LogP contribution in [0.15, 0.2) is 30.6 Å². The van der Waals surface area contributed by atoms with Gasteiger partial charge in [-0.3, -0.25) is 4.98 Å². The van der Waals surface area contributed by atoms with Gasteiger partial charge < -0.3 is 9.84 Å². The van der Waals surface area contributed by atoms with Gasteiger partial charge in [-0.05, 0) is 24.6 Å². The summed E-state index contributed by atoms with van der Waals surface area (Å²) in [5.74, 6) is -1.87. The topological polar surface area (TPSA) is 72.3 Å². The third-order valence-electron chi connectivity index (χ3n) is 2.13. The molecule has 0 spiro atoms. The van der Waals surface area contributed by atoms with E-state index in [1.54, 1.807) is 13.0 Å². The van der Waals surface area contributed by atoms with Gasteiger partial charge in [0.2, 0.25) is 5.88 Å². The summed E-state index contributed by atoms with van der Waals surface area (Å²) in [5.41, 5.74) is 0.550. The van der Waals surface area contributed by atoms with E-state index in [1.807, 2.05) is 0 Å². The molecule has 0 bridgehead atoms. The number of nitrogens with zero attached hydrogens (tertiary/aromatic N) is 2. The normalized spacial score (nSPS) is 10.1. The van der Waals surface area contributed by atoms with Crippen molar-refractivity contribution in [1.29, 1.82) is 0 Å². The zero-order valence-electron chi connectivity index (χ0n) is 9.42. The third-order valence-corrected chi connectivity index (χ3v) is 2.13. The Morgan fingerprint density at radius 3 is 2.89 bits per heavy atom. The van der Waals surface area contributed by atoms with E-state index in [0.717, 1.165) is 11.8 Å². The number of benzene rings is 1. The Balaban J connectivity index is 2.31. The molecule has 92 valence electrons. The average molecular weight is 248 g/mol. The van der Waals surface area contributed by atoms with E-state index in [-0.39, 0.29) is 17.3 Å². The Morgan fingerprint density at radius 1 is 1.39 bits per heavy atom. The number of aromatic nitrogens is 2. The van der Waals surface area contributed by atoms with Crippen molar-refractivity contribution in [1.82, 2.24) is 9.97 Å². The van der Waals surface area contributed by atoms with Crippen LogP contribution in [0.4, 0.5) is 4.39 Å². The summed E-state index contributed by atoms with van der Waals surface area (Å²) in [7, 11) is 0. The number of carbonyl (C=O) groups is 1. The Labute approximate surface area is 102 Å². The summed E-state index contributed by atoms with van der Waals surface area (Å²) in [6, 6.07) is 4.35. The fourth-order valence-corrected chi connectivity index (χ4v) is 1.30. The number of carboxylic acid groups (broad SMARTS) is 1. The van der Waals surface area contributed by atoms with Crippen molar-refractivity contribution < 1.29 is 19.0 Å². The maximum atomic E-state index is 13.4. The van der Waals surface area contributed by atoms with Crippen LogP contribution in [0.3, 0.4) is 0 Å². The standard InChI is InChI=1S/C12H9FN2O3/c1-7-2-3-8(13)10(4-7)18-11-6-14-5-9(15-11)12(16)17/h2-6H,1H3,(H,16,17). The highest BCUT2D eigenvalue weighted by Gasteiger charge is 2.10. The molecule has 0 atom stereocenters. The molecule has 0 aliphatic heterocycles. The zero-order valence-corrected chi connectivity index (χ0v) is 9.42. The average Bonchev–Trinajstić information content (AvgIpc) is 2.34. The summed E-state index contributed by atoms with van der Waals surface area (Å²) in [4.78, 5) is 18.0. The van der Waals surface area contributed by atoms with Crippen molar-refractivity contribution in [2.75, 3.05) is 0 Å². The third kappa shape index (κ3) is 2.60. The highest BCUT2D eigenvalue weighted by atomic mass is 19.1. The number of aromatic carboxylic acids is 1. The highest BCUT2D eigenvalue weighted by molar-refractivity contribution is 5.84. The first-order valence-electron chi connectivity index (χ1n) is 5.05. The molecule has 2 rings (SSSR count). The first-order chi connectivity index (χ1) is 8.56. The van der Waals surface area contributed by atoms with Crippen LogP contribution in [0.25, 0.3) is 0 Å². The summed E-state index contributed by atoms with van der Waals surface area (Å²) in [6.45, 7) is 1.78. The van der Waals surface area contributed by atoms with Crippen molar-refractivity contribution in [3.05, 3.63) is 47.7 Å². The van der Waals surface area contributed by atoms with Gasteiger partial charge in [0.05, 0.1) is 12.4 Å². The minimum atomic E-state index is -1.22. The Bertz CT molecular complexity index is 602. The second-order valence-corrected chi connectivity index (χ2v) is 3.58. The van der Waals surface area contributed by atoms with Crippen molar-refractivity contribution in [3.8, 4) is 11.6 Å². The van der Waals surface area contributed by atoms with Crippen LogP contribution in [0.5, 0.6) is 11.6 Å². The van der Waals surface area contributed by atoms with Gasteiger partial charge in [-0.1, -0.05) is 6.07 Å². The van der Waals surface area contributed by atoms with Gasteiger partial charge in [0.25, 0.3) is 0 Å². The molecule has 0 unspecified atom stereocenters. The second-order valence-electron chi connectivity index (χ2n) is 3.58. The van der Waals surface area contributed by atoms with Crippen LogP contribution in [0.2, 0.25) is 0 Å². The molecule has 0 saturated heterocycles. The quantitative estimate of drug-likeness (QED) is 0.902. The SMILES string of the molecule is Cc1ccc(F)c(Oc2cncc(C(=O)O)n2)c1. The summed E-state index contributed by atoms with van der Waals surface area (Å²) in [6.07, 6.45) is 2.30. The Morgan fingerprint density at radius 2 is 2.17 bits per heavy atom. The van der Waals surface area contributed by atoms with Crippen molar-refractivity contribution in [2.24, 2.45) is 0 Å². The second kappa shape index (κ2) is 4.79. The van der Waals surface area contributed by atoms with Crippen molar-refractivity contribution in [2.45, 2.75) is 6.92 Å². The minimum absolute atomic E-state index is 0.0214. The molecule has 5 nitrogen and oxygen atoms in total. The predicted molar refractivity (Wildman–Crippen MR) is 60.2 cm³/mol. The van der Waals surface area contributed by atoms with E-state index in [4.69, 9.17) is 9.84 Å². The lowest BCUT2D eigenvalue weighted by Gasteiger charge is -2.06. The number of halogens is 1. The lowest BCUT2D eigenvalue weighted by molar-refractivity contribution is 0.0689. The zero-order chi connectivity index (χ0) is 13.1. The number of carboxylic acids is 1. The van der Waals surface area contributed by atoms with E-state index in [1.165, 1.54) is 18.3 Å². The Hall–Kier alpha value is -2.50. The van der Waals surface area contributed by atoms with Crippen LogP contribution >= 0.6 is 0 Å². The van der Waals surface area contributed by atoms with Crippen LogP contribution < -0.4 is 4.74 Å². The van der Waals surface area contributed by atoms with E-state index in [9.17, 15) is 9.18 Å². The summed E-state index contributed by atoms with van der Waals surface area (Å²) in [5, 5.41) is 8.74. The van der Waals surface area contributed by atoms with Gasteiger partial charge in [0.15, 0.2) is 17.3 Å². The highest BCUT2D eigenvalue weighted by Crippen LogP contribution is 2.23. The van der Waals surface area contributed by atoms with Gasteiger partial charge in [0, 0.05) is 0 Å². The van der Waals surface area contributed by atoms with Gasteiger partial charge in [-0.15, -0.1) is 0 Å². The Kier molecular flexibility index (Phi) is 3.18. The molecule has 0 radical (unpaired) electrons.